The number of aliphatic hydroxyl groups is 1. The standard InChI is InChI=1S/C13H18O4S/c1-2-12(14)11-5-3-4-6-13(11)17-10-7-8-18(15,16)9-10/h3-6,10,12,14H,2,7-9H2,1H3/t10?,12-/m0/s1. The molecule has 0 spiro atoms. The fourth-order valence-electron chi connectivity index (χ4n) is 2.12. The predicted molar refractivity (Wildman–Crippen MR) is 69.4 cm³/mol. The fraction of sp³-hybridized carbons (Fsp3) is 0.538. The maximum Gasteiger partial charge on any atom is 0.154 e. The Balaban J connectivity index is 2.15. The van der Waals surface area contributed by atoms with E-state index < -0.39 is 15.9 Å². The third-order valence-electron chi connectivity index (χ3n) is 3.15. The Morgan fingerprint density at radius 3 is 2.78 bits per heavy atom. The molecule has 1 aliphatic rings. The minimum absolute atomic E-state index is 0.0730. The van der Waals surface area contributed by atoms with Crippen LogP contribution in [-0.2, 0) is 9.84 Å². The van der Waals surface area contributed by atoms with Crippen molar-refractivity contribution >= 4 is 9.84 Å². The van der Waals surface area contributed by atoms with E-state index in [1.165, 1.54) is 0 Å². The highest BCUT2D eigenvalue weighted by Crippen LogP contribution is 2.29. The van der Waals surface area contributed by atoms with Gasteiger partial charge in [0.05, 0.1) is 17.6 Å². The van der Waals surface area contributed by atoms with Crippen LogP contribution in [0, 0.1) is 0 Å². The van der Waals surface area contributed by atoms with Gasteiger partial charge in [-0.05, 0) is 18.9 Å². The van der Waals surface area contributed by atoms with E-state index in [2.05, 4.69) is 0 Å². The quantitative estimate of drug-likeness (QED) is 0.904. The summed E-state index contributed by atoms with van der Waals surface area (Å²) >= 11 is 0. The normalized spacial score (nSPS) is 23.8. The third-order valence-corrected chi connectivity index (χ3v) is 4.89. The fourth-order valence-corrected chi connectivity index (χ4v) is 3.71. The molecule has 5 heteroatoms. The predicted octanol–water partition coefficient (Wildman–Crippen LogP) is 1.70. The molecule has 1 heterocycles. The molecule has 1 saturated heterocycles. The average molecular weight is 270 g/mol. The highest BCUT2D eigenvalue weighted by Gasteiger charge is 2.30. The van der Waals surface area contributed by atoms with Crippen LogP contribution in [0.2, 0.25) is 0 Å². The number of sulfone groups is 1. The van der Waals surface area contributed by atoms with Gasteiger partial charge in [-0.2, -0.15) is 0 Å². The third kappa shape index (κ3) is 3.03. The molecule has 1 aliphatic heterocycles. The Hall–Kier alpha value is -1.07. The number of rotatable bonds is 4. The van der Waals surface area contributed by atoms with E-state index in [1.807, 2.05) is 25.1 Å². The number of hydrogen-bond donors (Lipinski definition) is 1. The zero-order valence-electron chi connectivity index (χ0n) is 10.4. The van der Waals surface area contributed by atoms with Gasteiger partial charge in [0.2, 0.25) is 0 Å². The second-order valence-corrected chi connectivity index (χ2v) is 6.83. The molecule has 0 radical (unpaired) electrons. The van der Waals surface area contributed by atoms with Crippen molar-refractivity contribution in [3.05, 3.63) is 29.8 Å². The van der Waals surface area contributed by atoms with Crippen molar-refractivity contribution in [2.24, 2.45) is 0 Å². The molecule has 0 bridgehead atoms. The first-order valence-electron chi connectivity index (χ1n) is 6.16. The number of ether oxygens (including phenoxy) is 1. The second-order valence-electron chi connectivity index (χ2n) is 4.60. The van der Waals surface area contributed by atoms with Crippen molar-refractivity contribution in [1.29, 1.82) is 0 Å². The first-order valence-corrected chi connectivity index (χ1v) is 7.98. The summed E-state index contributed by atoms with van der Waals surface area (Å²) in [6.07, 6.45) is 0.266. The molecule has 2 atom stereocenters. The Morgan fingerprint density at radius 1 is 1.44 bits per heavy atom. The molecule has 1 unspecified atom stereocenters. The SMILES string of the molecule is CC[C@H](O)c1ccccc1OC1CCS(=O)(=O)C1. The van der Waals surface area contributed by atoms with E-state index in [0.717, 1.165) is 5.56 Å². The minimum Gasteiger partial charge on any atom is -0.489 e. The molecule has 0 aromatic heterocycles. The summed E-state index contributed by atoms with van der Waals surface area (Å²) in [7, 11) is -2.94. The van der Waals surface area contributed by atoms with Crippen LogP contribution in [0.25, 0.3) is 0 Å². The molecule has 1 aromatic carbocycles. The number of aliphatic hydroxyl groups excluding tert-OH is 1. The van der Waals surface area contributed by atoms with Crippen molar-refractivity contribution in [3.8, 4) is 5.75 Å². The first kappa shape index (κ1) is 13.4. The van der Waals surface area contributed by atoms with E-state index in [4.69, 9.17) is 4.74 Å². The Morgan fingerprint density at radius 2 is 2.17 bits per heavy atom. The Kier molecular flexibility index (Phi) is 3.92. The summed E-state index contributed by atoms with van der Waals surface area (Å²) in [4.78, 5) is 0. The van der Waals surface area contributed by atoms with E-state index in [9.17, 15) is 13.5 Å². The highest BCUT2D eigenvalue weighted by atomic mass is 32.2. The van der Waals surface area contributed by atoms with Gasteiger partial charge in [-0.25, -0.2) is 8.42 Å². The summed E-state index contributed by atoms with van der Waals surface area (Å²) in [6.45, 7) is 1.89. The maximum atomic E-state index is 11.4. The van der Waals surface area contributed by atoms with Crippen molar-refractivity contribution in [2.45, 2.75) is 32.0 Å². The van der Waals surface area contributed by atoms with E-state index in [1.54, 1.807) is 6.07 Å². The minimum atomic E-state index is -2.94. The molecule has 4 nitrogen and oxygen atoms in total. The van der Waals surface area contributed by atoms with Crippen molar-refractivity contribution in [1.82, 2.24) is 0 Å². The van der Waals surface area contributed by atoms with Gasteiger partial charge in [-0.1, -0.05) is 25.1 Å². The maximum absolute atomic E-state index is 11.4. The van der Waals surface area contributed by atoms with Gasteiger partial charge < -0.3 is 9.84 Å². The van der Waals surface area contributed by atoms with Crippen LogP contribution < -0.4 is 4.74 Å². The van der Waals surface area contributed by atoms with Crippen LogP contribution in [0.3, 0.4) is 0 Å². The average Bonchev–Trinajstić information content (AvgIpc) is 2.68. The lowest BCUT2D eigenvalue weighted by molar-refractivity contribution is 0.160. The number of para-hydroxylation sites is 1. The molecule has 0 amide bonds. The van der Waals surface area contributed by atoms with Crippen molar-refractivity contribution in [2.75, 3.05) is 11.5 Å². The molecule has 100 valence electrons. The zero-order chi connectivity index (χ0) is 13.2. The molecule has 0 aliphatic carbocycles. The second kappa shape index (κ2) is 5.28. The summed E-state index contributed by atoms with van der Waals surface area (Å²) in [6, 6.07) is 7.25. The lowest BCUT2D eigenvalue weighted by atomic mass is 10.1. The largest absolute Gasteiger partial charge is 0.489 e. The smallest absolute Gasteiger partial charge is 0.154 e. The van der Waals surface area contributed by atoms with Crippen molar-refractivity contribution < 1.29 is 18.3 Å². The molecule has 1 fully saturated rings. The number of benzene rings is 1. The van der Waals surface area contributed by atoms with Crippen LogP contribution in [0.15, 0.2) is 24.3 Å². The van der Waals surface area contributed by atoms with Crippen LogP contribution in [0.5, 0.6) is 5.75 Å². The van der Waals surface area contributed by atoms with Crippen molar-refractivity contribution in [3.63, 3.8) is 0 Å². The van der Waals surface area contributed by atoms with E-state index in [0.29, 0.717) is 18.6 Å². The van der Waals surface area contributed by atoms with Gasteiger partial charge >= 0.3 is 0 Å². The van der Waals surface area contributed by atoms with Crippen LogP contribution in [0.4, 0.5) is 0 Å². The lowest BCUT2D eigenvalue weighted by Gasteiger charge is -2.18. The Labute approximate surface area is 108 Å². The monoisotopic (exact) mass is 270 g/mol. The first-order chi connectivity index (χ1) is 8.52. The summed E-state index contributed by atoms with van der Waals surface area (Å²) < 4.78 is 28.5. The zero-order valence-corrected chi connectivity index (χ0v) is 11.2. The lowest BCUT2D eigenvalue weighted by Crippen LogP contribution is -2.18. The number of hydrogen-bond acceptors (Lipinski definition) is 4. The van der Waals surface area contributed by atoms with Gasteiger partial charge in [0.25, 0.3) is 0 Å². The molecule has 1 N–H and O–H groups in total. The summed E-state index contributed by atoms with van der Waals surface area (Å²) in [5.74, 6) is 0.855. The molecule has 18 heavy (non-hydrogen) atoms. The van der Waals surface area contributed by atoms with Crippen LogP contribution in [-0.4, -0.2) is 31.1 Å². The highest BCUT2D eigenvalue weighted by molar-refractivity contribution is 7.91. The van der Waals surface area contributed by atoms with Gasteiger partial charge in [-0.15, -0.1) is 0 Å². The van der Waals surface area contributed by atoms with Gasteiger partial charge in [0.1, 0.15) is 11.9 Å². The Bertz CT molecular complexity index is 509. The van der Waals surface area contributed by atoms with Gasteiger partial charge in [0.15, 0.2) is 9.84 Å². The molecule has 1 aromatic rings. The van der Waals surface area contributed by atoms with Crippen LogP contribution >= 0.6 is 0 Å². The molecule has 0 saturated carbocycles. The van der Waals surface area contributed by atoms with Gasteiger partial charge in [-0.3, -0.25) is 0 Å². The molecule has 2 rings (SSSR count). The molecular weight excluding hydrogens is 252 g/mol. The van der Waals surface area contributed by atoms with Crippen LogP contribution in [0.1, 0.15) is 31.4 Å². The van der Waals surface area contributed by atoms with E-state index in [-0.39, 0.29) is 17.6 Å². The van der Waals surface area contributed by atoms with Gasteiger partial charge in [0, 0.05) is 5.56 Å². The topological polar surface area (TPSA) is 63.6 Å². The van der Waals surface area contributed by atoms with E-state index >= 15 is 0 Å². The summed E-state index contributed by atoms with van der Waals surface area (Å²) in [5.41, 5.74) is 0.726. The molecular formula is C13H18O4S. The summed E-state index contributed by atoms with van der Waals surface area (Å²) in [5, 5.41) is 9.89.